The van der Waals surface area contributed by atoms with E-state index in [1.165, 1.54) is 70.8 Å². The van der Waals surface area contributed by atoms with Gasteiger partial charge >= 0.3 is 0 Å². The summed E-state index contributed by atoms with van der Waals surface area (Å²) in [5.41, 5.74) is 0.307. The maximum Gasteiger partial charge on any atom is 0.0708 e. The second kappa shape index (κ2) is 5.27. The maximum absolute atomic E-state index is 6.36. The molecule has 2 heteroatoms. The van der Waals surface area contributed by atoms with Crippen LogP contribution in [0.1, 0.15) is 64.2 Å². The van der Waals surface area contributed by atoms with Crippen molar-refractivity contribution in [1.29, 1.82) is 0 Å². The third kappa shape index (κ3) is 2.85. The number of ether oxygens (including phenoxy) is 1. The zero-order chi connectivity index (χ0) is 11.6. The summed E-state index contributed by atoms with van der Waals surface area (Å²) in [5.74, 6) is 0.972. The highest BCUT2D eigenvalue weighted by molar-refractivity contribution is 4.91. The molecule has 98 valence electrons. The van der Waals surface area contributed by atoms with Crippen LogP contribution in [0, 0.1) is 5.92 Å². The van der Waals surface area contributed by atoms with E-state index in [-0.39, 0.29) is 0 Å². The second-order valence-electron chi connectivity index (χ2n) is 6.48. The molecule has 0 aromatic rings. The van der Waals surface area contributed by atoms with Crippen molar-refractivity contribution in [3.05, 3.63) is 0 Å². The number of hydrogen-bond donors (Lipinski definition) is 1. The second-order valence-corrected chi connectivity index (χ2v) is 6.48. The Balaban J connectivity index is 1.37. The van der Waals surface area contributed by atoms with Gasteiger partial charge in [-0.3, -0.25) is 0 Å². The van der Waals surface area contributed by atoms with Crippen molar-refractivity contribution in [3.8, 4) is 0 Å². The van der Waals surface area contributed by atoms with Crippen LogP contribution < -0.4 is 5.32 Å². The summed E-state index contributed by atoms with van der Waals surface area (Å²) < 4.78 is 6.36. The molecule has 17 heavy (non-hydrogen) atoms. The van der Waals surface area contributed by atoms with Crippen LogP contribution in [0.3, 0.4) is 0 Å². The molecule has 0 aromatic heterocycles. The summed E-state index contributed by atoms with van der Waals surface area (Å²) in [5, 5.41) is 3.63. The Bertz CT molecular complexity index is 243. The van der Waals surface area contributed by atoms with Gasteiger partial charge in [0.2, 0.25) is 0 Å². The standard InChI is InChI=1S/C15H27NO/c1-2-8-15(9-3-1)10-7-14(17-15)12-16-11-13-5-4-6-13/h13-14,16H,1-12H2. The fourth-order valence-corrected chi connectivity index (χ4v) is 3.75. The Morgan fingerprint density at radius 2 is 1.71 bits per heavy atom. The molecule has 1 N–H and O–H groups in total. The summed E-state index contributed by atoms with van der Waals surface area (Å²) in [6.45, 7) is 2.32. The van der Waals surface area contributed by atoms with Gasteiger partial charge in [-0.1, -0.05) is 25.7 Å². The molecule has 0 bridgehead atoms. The van der Waals surface area contributed by atoms with Crippen molar-refractivity contribution in [1.82, 2.24) is 5.32 Å². The average molecular weight is 237 g/mol. The molecule has 1 spiro atoms. The lowest BCUT2D eigenvalue weighted by atomic mass is 9.83. The molecule has 1 aliphatic heterocycles. The Morgan fingerprint density at radius 1 is 0.882 bits per heavy atom. The fourth-order valence-electron chi connectivity index (χ4n) is 3.75. The summed E-state index contributed by atoms with van der Waals surface area (Å²) in [7, 11) is 0. The van der Waals surface area contributed by atoms with E-state index >= 15 is 0 Å². The molecule has 1 unspecified atom stereocenters. The minimum absolute atomic E-state index is 0.307. The van der Waals surface area contributed by atoms with Crippen LogP contribution in [-0.2, 0) is 4.74 Å². The van der Waals surface area contributed by atoms with E-state index in [0.29, 0.717) is 11.7 Å². The molecule has 0 amide bonds. The van der Waals surface area contributed by atoms with Gasteiger partial charge in [-0.15, -0.1) is 0 Å². The first-order valence-corrected chi connectivity index (χ1v) is 7.75. The minimum Gasteiger partial charge on any atom is -0.370 e. The summed E-state index contributed by atoms with van der Waals surface area (Å²) >= 11 is 0. The average Bonchev–Trinajstić information content (AvgIpc) is 2.66. The lowest BCUT2D eigenvalue weighted by Gasteiger charge is -2.33. The molecule has 3 aliphatic rings. The predicted molar refractivity (Wildman–Crippen MR) is 70.1 cm³/mol. The first kappa shape index (κ1) is 12.0. The Hall–Kier alpha value is -0.0800. The molecule has 2 saturated carbocycles. The monoisotopic (exact) mass is 237 g/mol. The van der Waals surface area contributed by atoms with Crippen LogP contribution in [-0.4, -0.2) is 24.8 Å². The highest BCUT2D eigenvalue weighted by atomic mass is 16.5. The van der Waals surface area contributed by atoms with Crippen molar-refractivity contribution in [3.63, 3.8) is 0 Å². The summed E-state index contributed by atoms with van der Waals surface area (Å²) in [4.78, 5) is 0. The van der Waals surface area contributed by atoms with E-state index in [1.54, 1.807) is 0 Å². The van der Waals surface area contributed by atoms with Gasteiger partial charge in [0.1, 0.15) is 0 Å². The molecule has 1 saturated heterocycles. The lowest BCUT2D eigenvalue weighted by molar-refractivity contribution is -0.0626. The number of hydrogen-bond acceptors (Lipinski definition) is 2. The van der Waals surface area contributed by atoms with Crippen LogP contribution in [0.5, 0.6) is 0 Å². The third-order valence-electron chi connectivity index (χ3n) is 5.13. The molecule has 0 aromatic carbocycles. The highest BCUT2D eigenvalue weighted by Gasteiger charge is 2.40. The van der Waals surface area contributed by atoms with E-state index in [4.69, 9.17) is 4.74 Å². The Kier molecular flexibility index (Phi) is 3.72. The van der Waals surface area contributed by atoms with Crippen LogP contribution in [0.25, 0.3) is 0 Å². The molecule has 2 nitrogen and oxygen atoms in total. The van der Waals surface area contributed by atoms with Crippen LogP contribution in [0.15, 0.2) is 0 Å². The van der Waals surface area contributed by atoms with E-state index in [0.717, 1.165) is 12.5 Å². The van der Waals surface area contributed by atoms with Gasteiger partial charge in [-0.25, -0.2) is 0 Å². The summed E-state index contributed by atoms with van der Waals surface area (Å²) in [6, 6.07) is 0. The fraction of sp³-hybridized carbons (Fsp3) is 1.00. The van der Waals surface area contributed by atoms with Gasteiger partial charge in [-0.05, 0) is 51.0 Å². The molecule has 0 radical (unpaired) electrons. The SMILES string of the molecule is C1CCC2(CC1)CCC(CNCC1CCC1)O2. The number of nitrogens with one attached hydrogen (secondary N) is 1. The van der Waals surface area contributed by atoms with Crippen molar-refractivity contribution in [2.45, 2.75) is 75.9 Å². The first-order valence-electron chi connectivity index (χ1n) is 7.75. The van der Waals surface area contributed by atoms with E-state index < -0.39 is 0 Å². The van der Waals surface area contributed by atoms with Gasteiger partial charge in [0.05, 0.1) is 11.7 Å². The van der Waals surface area contributed by atoms with Crippen molar-refractivity contribution >= 4 is 0 Å². The lowest BCUT2D eigenvalue weighted by Crippen LogP contribution is -2.36. The molecule has 1 atom stereocenters. The van der Waals surface area contributed by atoms with Gasteiger partial charge in [-0.2, -0.15) is 0 Å². The van der Waals surface area contributed by atoms with Crippen LogP contribution in [0.2, 0.25) is 0 Å². The summed E-state index contributed by atoms with van der Waals surface area (Å²) in [6.07, 6.45) is 14.3. The molecule has 1 heterocycles. The molecular weight excluding hydrogens is 210 g/mol. The Labute approximate surface area is 105 Å². The van der Waals surface area contributed by atoms with Crippen molar-refractivity contribution < 1.29 is 4.74 Å². The number of rotatable bonds is 4. The molecular formula is C15H27NO. The topological polar surface area (TPSA) is 21.3 Å². The zero-order valence-electron chi connectivity index (χ0n) is 11.0. The Morgan fingerprint density at radius 3 is 2.41 bits per heavy atom. The van der Waals surface area contributed by atoms with Gasteiger partial charge in [0, 0.05) is 6.54 Å². The molecule has 2 aliphatic carbocycles. The third-order valence-corrected chi connectivity index (χ3v) is 5.13. The molecule has 3 rings (SSSR count). The van der Waals surface area contributed by atoms with E-state index in [9.17, 15) is 0 Å². The first-order chi connectivity index (χ1) is 8.36. The van der Waals surface area contributed by atoms with Crippen LogP contribution >= 0.6 is 0 Å². The van der Waals surface area contributed by atoms with Gasteiger partial charge < -0.3 is 10.1 Å². The van der Waals surface area contributed by atoms with Crippen molar-refractivity contribution in [2.24, 2.45) is 5.92 Å². The molecule has 3 fully saturated rings. The maximum atomic E-state index is 6.36. The van der Waals surface area contributed by atoms with Crippen molar-refractivity contribution in [2.75, 3.05) is 13.1 Å². The quantitative estimate of drug-likeness (QED) is 0.810. The van der Waals surface area contributed by atoms with E-state index in [1.807, 2.05) is 0 Å². The minimum atomic E-state index is 0.307. The zero-order valence-corrected chi connectivity index (χ0v) is 11.0. The largest absolute Gasteiger partial charge is 0.370 e. The highest BCUT2D eigenvalue weighted by Crippen LogP contribution is 2.41. The normalized spacial score (nSPS) is 32.8. The smallest absolute Gasteiger partial charge is 0.0708 e. The van der Waals surface area contributed by atoms with E-state index in [2.05, 4.69) is 5.32 Å². The van der Waals surface area contributed by atoms with Gasteiger partial charge in [0.25, 0.3) is 0 Å². The predicted octanol–water partition coefficient (Wildman–Crippen LogP) is 3.26. The van der Waals surface area contributed by atoms with Gasteiger partial charge in [0.15, 0.2) is 0 Å². The van der Waals surface area contributed by atoms with Crippen LogP contribution in [0.4, 0.5) is 0 Å².